The topological polar surface area (TPSA) is 49.6 Å². The molecule has 1 aliphatic heterocycles. The Morgan fingerprint density at radius 2 is 1.88 bits per heavy atom. The fraction of sp³-hybridized carbons (Fsp3) is 0.462. The summed E-state index contributed by atoms with van der Waals surface area (Å²) in [5, 5.41) is 0. The molecular formula is C13H19N3O. The number of amides is 2. The van der Waals surface area contributed by atoms with Crippen LogP contribution in [0.5, 0.6) is 0 Å². The van der Waals surface area contributed by atoms with Gasteiger partial charge < -0.3 is 10.6 Å². The third-order valence-electron chi connectivity index (χ3n) is 3.37. The monoisotopic (exact) mass is 233 g/mol. The molecule has 1 saturated heterocycles. The molecule has 0 bridgehead atoms. The van der Waals surface area contributed by atoms with Crippen molar-refractivity contribution in [1.29, 1.82) is 0 Å². The lowest BCUT2D eigenvalue weighted by Crippen LogP contribution is -2.33. The number of nitrogens with two attached hydrogens (primary N) is 1. The average Bonchev–Trinajstić information content (AvgIpc) is 2.58. The number of urea groups is 1. The molecule has 17 heavy (non-hydrogen) atoms. The minimum absolute atomic E-state index is 0.0634. The first-order chi connectivity index (χ1) is 8.00. The van der Waals surface area contributed by atoms with Gasteiger partial charge >= 0.3 is 6.03 Å². The predicted octanol–water partition coefficient (Wildman–Crippen LogP) is 2.17. The molecule has 1 fully saturated rings. The van der Waals surface area contributed by atoms with E-state index in [4.69, 9.17) is 5.73 Å². The maximum absolute atomic E-state index is 12.1. The highest BCUT2D eigenvalue weighted by molar-refractivity contribution is 5.94. The van der Waals surface area contributed by atoms with Gasteiger partial charge in [0.15, 0.2) is 0 Å². The normalized spacial score (nSPS) is 20.5. The summed E-state index contributed by atoms with van der Waals surface area (Å²) in [5.41, 5.74) is 7.28. The van der Waals surface area contributed by atoms with Crippen molar-refractivity contribution in [2.45, 2.75) is 19.9 Å². The van der Waals surface area contributed by atoms with Crippen LogP contribution >= 0.6 is 0 Å². The summed E-state index contributed by atoms with van der Waals surface area (Å²) in [5.74, 6) is 0.461. The third-order valence-corrected chi connectivity index (χ3v) is 3.37. The van der Waals surface area contributed by atoms with Gasteiger partial charge in [0, 0.05) is 25.0 Å². The molecule has 0 spiro atoms. The molecule has 1 aliphatic rings. The highest BCUT2D eigenvalue weighted by atomic mass is 16.2. The summed E-state index contributed by atoms with van der Waals surface area (Å²) < 4.78 is 0. The number of carbonyl (C=O) groups is 1. The predicted molar refractivity (Wildman–Crippen MR) is 70.0 cm³/mol. The Morgan fingerprint density at radius 3 is 2.35 bits per heavy atom. The molecule has 1 atom stereocenters. The van der Waals surface area contributed by atoms with Crippen molar-refractivity contribution >= 4 is 17.4 Å². The van der Waals surface area contributed by atoms with E-state index < -0.39 is 0 Å². The first kappa shape index (κ1) is 11.8. The first-order valence-corrected chi connectivity index (χ1v) is 5.90. The van der Waals surface area contributed by atoms with Crippen LogP contribution in [0, 0.1) is 5.92 Å². The van der Waals surface area contributed by atoms with Gasteiger partial charge in [0.05, 0.1) is 6.04 Å². The van der Waals surface area contributed by atoms with Crippen molar-refractivity contribution < 1.29 is 4.79 Å². The molecule has 4 heteroatoms. The van der Waals surface area contributed by atoms with E-state index >= 15 is 0 Å². The Morgan fingerprint density at radius 1 is 1.29 bits per heavy atom. The summed E-state index contributed by atoms with van der Waals surface area (Å²) in [6.45, 7) is 5.03. The zero-order valence-corrected chi connectivity index (χ0v) is 10.6. The SMILES string of the molecule is CC(C)C1CN(c2ccc(N)cc2)C(=O)N1C. The Bertz CT molecular complexity index is 413. The van der Waals surface area contributed by atoms with E-state index in [1.54, 1.807) is 0 Å². The number of nitrogen functional groups attached to an aromatic ring is 1. The molecule has 1 heterocycles. The van der Waals surface area contributed by atoms with Crippen molar-refractivity contribution in [2.75, 3.05) is 24.2 Å². The van der Waals surface area contributed by atoms with Crippen LogP contribution in [0.3, 0.4) is 0 Å². The molecule has 4 nitrogen and oxygen atoms in total. The lowest BCUT2D eigenvalue weighted by atomic mass is 10.0. The lowest BCUT2D eigenvalue weighted by Gasteiger charge is -2.20. The standard InChI is InChI=1S/C13H19N3O/c1-9(2)12-8-16(13(17)15(12)3)11-6-4-10(14)5-7-11/h4-7,9,12H,8,14H2,1-3H3. The second kappa shape index (κ2) is 4.28. The number of hydrogen-bond donors (Lipinski definition) is 1. The molecular weight excluding hydrogens is 214 g/mol. The fourth-order valence-corrected chi connectivity index (χ4v) is 2.25. The van der Waals surface area contributed by atoms with Crippen LogP contribution in [-0.2, 0) is 0 Å². The maximum Gasteiger partial charge on any atom is 0.324 e. The number of hydrogen-bond acceptors (Lipinski definition) is 2. The number of benzene rings is 1. The third kappa shape index (κ3) is 2.07. The summed E-state index contributed by atoms with van der Waals surface area (Å²) in [7, 11) is 1.87. The van der Waals surface area contributed by atoms with Crippen LogP contribution in [0.2, 0.25) is 0 Å². The minimum atomic E-state index is 0.0634. The average molecular weight is 233 g/mol. The van der Waals surface area contributed by atoms with Gasteiger partial charge in [-0.3, -0.25) is 4.90 Å². The summed E-state index contributed by atoms with van der Waals surface area (Å²) in [6.07, 6.45) is 0. The molecule has 2 amide bonds. The van der Waals surface area contributed by atoms with Gasteiger partial charge in [-0.2, -0.15) is 0 Å². The van der Waals surface area contributed by atoms with Crippen LogP contribution < -0.4 is 10.6 Å². The molecule has 1 aromatic carbocycles. The van der Waals surface area contributed by atoms with E-state index in [9.17, 15) is 4.79 Å². The summed E-state index contributed by atoms with van der Waals surface area (Å²) in [6, 6.07) is 7.78. The number of rotatable bonds is 2. The molecule has 0 aliphatic carbocycles. The smallest absolute Gasteiger partial charge is 0.324 e. The lowest BCUT2D eigenvalue weighted by molar-refractivity contribution is 0.208. The summed E-state index contributed by atoms with van der Waals surface area (Å²) >= 11 is 0. The molecule has 2 rings (SSSR count). The Hall–Kier alpha value is -1.71. The Kier molecular flexibility index (Phi) is 2.96. The number of nitrogens with zero attached hydrogens (tertiary/aromatic N) is 2. The zero-order chi connectivity index (χ0) is 12.6. The van der Waals surface area contributed by atoms with Gasteiger partial charge in [0.25, 0.3) is 0 Å². The van der Waals surface area contributed by atoms with Crippen molar-refractivity contribution in [1.82, 2.24) is 4.90 Å². The number of anilines is 2. The summed E-state index contributed by atoms with van der Waals surface area (Å²) in [4.78, 5) is 15.8. The number of carbonyl (C=O) groups excluding carboxylic acids is 1. The molecule has 0 aromatic heterocycles. The van der Waals surface area contributed by atoms with E-state index in [2.05, 4.69) is 13.8 Å². The second-order valence-electron chi connectivity index (χ2n) is 4.91. The molecule has 0 radical (unpaired) electrons. The zero-order valence-electron chi connectivity index (χ0n) is 10.6. The van der Waals surface area contributed by atoms with Crippen LogP contribution in [0.1, 0.15) is 13.8 Å². The van der Waals surface area contributed by atoms with E-state index in [1.165, 1.54) is 0 Å². The Labute approximate surface area is 102 Å². The van der Waals surface area contributed by atoms with E-state index in [1.807, 2.05) is 41.1 Å². The molecule has 1 unspecified atom stereocenters. The fourth-order valence-electron chi connectivity index (χ4n) is 2.25. The van der Waals surface area contributed by atoms with Crippen LogP contribution in [0.4, 0.5) is 16.2 Å². The second-order valence-corrected chi connectivity index (χ2v) is 4.91. The highest BCUT2D eigenvalue weighted by Crippen LogP contribution is 2.26. The van der Waals surface area contributed by atoms with Gasteiger partial charge in [-0.05, 0) is 30.2 Å². The van der Waals surface area contributed by atoms with Gasteiger partial charge in [-0.1, -0.05) is 13.8 Å². The van der Waals surface area contributed by atoms with Gasteiger partial charge in [0.1, 0.15) is 0 Å². The van der Waals surface area contributed by atoms with Crippen LogP contribution in [0.15, 0.2) is 24.3 Å². The van der Waals surface area contributed by atoms with E-state index in [0.717, 1.165) is 12.2 Å². The molecule has 0 saturated carbocycles. The van der Waals surface area contributed by atoms with Crippen LogP contribution in [0.25, 0.3) is 0 Å². The largest absolute Gasteiger partial charge is 0.399 e. The number of likely N-dealkylation sites (N-methyl/N-ethyl adjacent to an activating group) is 1. The van der Waals surface area contributed by atoms with E-state index in [0.29, 0.717) is 11.6 Å². The van der Waals surface area contributed by atoms with Crippen LogP contribution in [-0.4, -0.2) is 30.6 Å². The quantitative estimate of drug-likeness (QED) is 0.796. The molecule has 2 N–H and O–H groups in total. The van der Waals surface area contributed by atoms with E-state index in [-0.39, 0.29) is 12.1 Å². The van der Waals surface area contributed by atoms with Crippen molar-refractivity contribution in [3.8, 4) is 0 Å². The van der Waals surface area contributed by atoms with Gasteiger partial charge in [0.2, 0.25) is 0 Å². The molecule has 92 valence electrons. The van der Waals surface area contributed by atoms with Gasteiger partial charge in [-0.15, -0.1) is 0 Å². The van der Waals surface area contributed by atoms with Gasteiger partial charge in [-0.25, -0.2) is 4.79 Å². The highest BCUT2D eigenvalue weighted by Gasteiger charge is 2.36. The molecule has 1 aromatic rings. The minimum Gasteiger partial charge on any atom is -0.399 e. The van der Waals surface area contributed by atoms with Crippen molar-refractivity contribution in [3.05, 3.63) is 24.3 Å². The Balaban J connectivity index is 2.23. The van der Waals surface area contributed by atoms with Crippen molar-refractivity contribution in [2.24, 2.45) is 5.92 Å². The van der Waals surface area contributed by atoms with Crippen molar-refractivity contribution in [3.63, 3.8) is 0 Å². The maximum atomic E-state index is 12.1. The first-order valence-electron chi connectivity index (χ1n) is 5.90.